The van der Waals surface area contributed by atoms with Crippen LogP contribution in [-0.2, 0) is 4.79 Å². The number of unbranched alkanes of at least 4 members (excludes halogenated alkanes) is 8. The van der Waals surface area contributed by atoms with E-state index in [9.17, 15) is 4.79 Å². The molecule has 198 valence electrons. The zero-order chi connectivity index (χ0) is 25.6. The first-order valence-electron chi connectivity index (χ1n) is 13.8. The summed E-state index contributed by atoms with van der Waals surface area (Å²) in [5.74, 6) is 1.82. The number of allylic oxidation sites excluding steroid dienone is 4. The Morgan fingerprint density at radius 1 is 0.714 bits per heavy atom. The molecule has 0 heterocycles. The molecule has 0 saturated heterocycles. The molecule has 1 amide bonds. The van der Waals surface area contributed by atoms with E-state index in [1.54, 1.807) is 0 Å². The maximum absolute atomic E-state index is 12.6. The zero-order valence-corrected chi connectivity index (χ0v) is 22.7. The van der Waals surface area contributed by atoms with Crippen molar-refractivity contribution in [2.24, 2.45) is 0 Å². The Morgan fingerprint density at radius 3 is 1.83 bits per heavy atom. The monoisotopic (exact) mass is 487 g/mol. The molecular formula is C30H49NO4. The van der Waals surface area contributed by atoms with Crippen LogP contribution in [0.25, 0.3) is 0 Å². The van der Waals surface area contributed by atoms with Gasteiger partial charge in [-0.25, -0.2) is 0 Å². The second-order valence-electron chi connectivity index (χ2n) is 8.62. The number of nitrogens with one attached hydrogen (secondary N) is 1. The summed E-state index contributed by atoms with van der Waals surface area (Å²) in [6, 6.07) is 3.62. The number of hydrogen-bond acceptors (Lipinski definition) is 4. The lowest BCUT2D eigenvalue weighted by Gasteiger charge is -2.18. The van der Waals surface area contributed by atoms with Crippen LogP contribution in [0.4, 0.5) is 5.69 Å². The molecule has 0 saturated carbocycles. The molecule has 1 aromatic carbocycles. The van der Waals surface area contributed by atoms with Crippen molar-refractivity contribution in [2.45, 2.75) is 105 Å². The van der Waals surface area contributed by atoms with Crippen molar-refractivity contribution < 1.29 is 19.0 Å². The molecule has 5 heteroatoms. The van der Waals surface area contributed by atoms with Gasteiger partial charge in [0.05, 0.1) is 19.8 Å². The molecule has 0 unspecified atom stereocenters. The van der Waals surface area contributed by atoms with Crippen LogP contribution in [0.5, 0.6) is 17.2 Å². The molecule has 0 fully saturated rings. The van der Waals surface area contributed by atoms with Gasteiger partial charge in [0.25, 0.3) is 0 Å². The van der Waals surface area contributed by atoms with Gasteiger partial charge in [-0.05, 0) is 59.3 Å². The first-order valence-corrected chi connectivity index (χ1v) is 13.8. The molecule has 0 aliphatic heterocycles. The van der Waals surface area contributed by atoms with Gasteiger partial charge in [0.1, 0.15) is 22.9 Å². The van der Waals surface area contributed by atoms with Crippen LogP contribution < -0.4 is 19.5 Å². The molecule has 5 nitrogen and oxygen atoms in total. The highest BCUT2D eigenvalue weighted by Crippen LogP contribution is 2.39. The van der Waals surface area contributed by atoms with Gasteiger partial charge >= 0.3 is 0 Å². The van der Waals surface area contributed by atoms with Gasteiger partial charge in [-0.1, -0.05) is 63.3 Å². The van der Waals surface area contributed by atoms with Crippen LogP contribution in [0.15, 0.2) is 36.4 Å². The van der Waals surface area contributed by atoms with Crippen molar-refractivity contribution in [3.63, 3.8) is 0 Å². The summed E-state index contributed by atoms with van der Waals surface area (Å²) in [5, 5.41) is 3.01. The van der Waals surface area contributed by atoms with Gasteiger partial charge in [0, 0.05) is 18.6 Å². The number of hydrogen-bond donors (Lipinski definition) is 1. The van der Waals surface area contributed by atoms with Crippen molar-refractivity contribution in [3.05, 3.63) is 36.4 Å². The topological polar surface area (TPSA) is 56.8 Å². The Balaban J connectivity index is 2.30. The predicted octanol–water partition coefficient (Wildman–Crippen LogP) is 8.63. The average Bonchev–Trinajstić information content (AvgIpc) is 2.84. The third-order valence-corrected chi connectivity index (χ3v) is 5.57. The molecule has 0 radical (unpaired) electrons. The number of ether oxygens (including phenoxy) is 3. The van der Waals surface area contributed by atoms with E-state index in [-0.39, 0.29) is 5.91 Å². The Kier molecular flexibility index (Phi) is 18.3. The van der Waals surface area contributed by atoms with E-state index in [2.05, 4.69) is 36.5 Å². The van der Waals surface area contributed by atoms with E-state index >= 15 is 0 Å². The summed E-state index contributed by atoms with van der Waals surface area (Å²) >= 11 is 0. The molecule has 1 rings (SSSR count). The average molecular weight is 488 g/mol. The highest BCUT2D eigenvalue weighted by molar-refractivity contribution is 5.94. The summed E-state index contributed by atoms with van der Waals surface area (Å²) in [7, 11) is 0. The van der Waals surface area contributed by atoms with Gasteiger partial charge in [0.2, 0.25) is 5.91 Å². The van der Waals surface area contributed by atoms with Crippen molar-refractivity contribution in [1.82, 2.24) is 0 Å². The van der Waals surface area contributed by atoms with Gasteiger partial charge in [0.15, 0.2) is 0 Å². The third kappa shape index (κ3) is 14.5. The number of rotatable bonds is 21. The molecular weight excluding hydrogens is 438 g/mol. The summed E-state index contributed by atoms with van der Waals surface area (Å²) in [6.07, 6.45) is 22.5. The minimum Gasteiger partial charge on any atom is -0.494 e. The third-order valence-electron chi connectivity index (χ3n) is 5.57. The summed E-state index contributed by atoms with van der Waals surface area (Å²) in [6.45, 7) is 9.55. The minimum absolute atomic E-state index is 0.0123. The largest absolute Gasteiger partial charge is 0.494 e. The van der Waals surface area contributed by atoms with E-state index < -0.39 is 0 Å². The number of carbonyl (C=O) groups is 1. The Labute approximate surface area is 214 Å². The summed E-state index contributed by atoms with van der Waals surface area (Å²) in [5.41, 5.74) is 0.588. The van der Waals surface area contributed by atoms with Crippen LogP contribution >= 0.6 is 0 Å². The minimum atomic E-state index is -0.0123. The SMILES string of the molecule is CCCCC/C=C\C/C=C\CCCCCCCC(=O)Nc1c(OCC)cc(OCC)cc1OCC. The number of carbonyl (C=O) groups excluding carboxylic acids is 1. The Morgan fingerprint density at radius 2 is 1.26 bits per heavy atom. The van der Waals surface area contributed by atoms with Crippen molar-refractivity contribution >= 4 is 11.6 Å². The zero-order valence-electron chi connectivity index (χ0n) is 22.7. The lowest BCUT2D eigenvalue weighted by atomic mass is 10.1. The maximum atomic E-state index is 12.6. The molecule has 0 aliphatic carbocycles. The predicted molar refractivity (Wildman–Crippen MR) is 148 cm³/mol. The number of anilines is 1. The van der Waals surface area contributed by atoms with Crippen LogP contribution in [0, 0.1) is 0 Å². The fourth-order valence-electron chi connectivity index (χ4n) is 3.78. The van der Waals surface area contributed by atoms with E-state index in [4.69, 9.17) is 14.2 Å². The number of benzene rings is 1. The summed E-state index contributed by atoms with van der Waals surface area (Å²) in [4.78, 5) is 12.6. The molecule has 1 aromatic rings. The van der Waals surface area contributed by atoms with E-state index in [1.165, 1.54) is 38.5 Å². The molecule has 0 aromatic heterocycles. The van der Waals surface area contributed by atoms with E-state index in [1.807, 2.05) is 32.9 Å². The first-order chi connectivity index (χ1) is 17.2. The second-order valence-corrected chi connectivity index (χ2v) is 8.62. The van der Waals surface area contributed by atoms with Gasteiger partial charge in [-0.2, -0.15) is 0 Å². The van der Waals surface area contributed by atoms with E-state index in [0.717, 1.165) is 32.1 Å². The lowest BCUT2D eigenvalue weighted by Crippen LogP contribution is -2.14. The van der Waals surface area contributed by atoms with Crippen LogP contribution in [0.1, 0.15) is 105 Å². The van der Waals surface area contributed by atoms with Crippen molar-refractivity contribution in [3.8, 4) is 17.2 Å². The van der Waals surface area contributed by atoms with Gasteiger partial charge < -0.3 is 19.5 Å². The van der Waals surface area contributed by atoms with Gasteiger partial charge in [-0.3, -0.25) is 4.79 Å². The van der Waals surface area contributed by atoms with Crippen LogP contribution in [-0.4, -0.2) is 25.7 Å². The highest BCUT2D eigenvalue weighted by Gasteiger charge is 2.17. The fourth-order valence-corrected chi connectivity index (χ4v) is 3.78. The maximum Gasteiger partial charge on any atom is 0.224 e. The van der Waals surface area contributed by atoms with Crippen LogP contribution in [0.2, 0.25) is 0 Å². The molecule has 35 heavy (non-hydrogen) atoms. The Bertz CT molecular complexity index is 715. The molecule has 0 aliphatic rings. The normalized spacial score (nSPS) is 11.3. The lowest BCUT2D eigenvalue weighted by molar-refractivity contribution is -0.116. The second kappa shape index (κ2) is 20.9. The van der Waals surface area contributed by atoms with Crippen molar-refractivity contribution in [1.29, 1.82) is 0 Å². The van der Waals surface area contributed by atoms with Gasteiger partial charge in [-0.15, -0.1) is 0 Å². The van der Waals surface area contributed by atoms with Crippen molar-refractivity contribution in [2.75, 3.05) is 25.1 Å². The quantitative estimate of drug-likeness (QED) is 0.139. The molecule has 0 bridgehead atoms. The standard InChI is InChI=1S/C30H49NO4/c1-5-9-10-11-12-13-14-15-16-17-18-19-20-21-22-23-29(32)31-30-27(34-7-3)24-26(33-6-2)25-28(30)35-8-4/h12-13,15-16,24-25H,5-11,14,17-23H2,1-4H3,(H,31,32)/b13-12-,16-15-. The first kappa shape index (κ1) is 30.6. The molecule has 0 atom stereocenters. The smallest absolute Gasteiger partial charge is 0.224 e. The van der Waals surface area contributed by atoms with Crippen LogP contribution in [0.3, 0.4) is 0 Å². The molecule has 1 N–H and O–H groups in total. The summed E-state index contributed by atoms with van der Waals surface area (Å²) < 4.78 is 17.1. The Hall–Kier alpha value is -2.43. The fraction of sp³-hybridized carbons (Fsp3) is 0.633. The van der Waals surface area contributed by atoms with E-state index in [0.29, 0.717) is 49.2 Å². The molecule has 0 spiro atoms. The number of amides is 1. The highest BCUT2D eigenvalue weighted by atomic mass is 16.5.